The summed E-state index contributed by atoms with van der Waals surface area (Å²) < 4.78 is 14.6. The van der Waals surface area contributed by atoms with Gasteiger partial charge >= 0.3 is 0 Å². The Morgan fingerprint density at radius 2 is 2.18 bits per heavy atom. The van der Waals surface area contributed by atoms with E-state index in [2.05, 4.69) is 0 Å². The number of primary amides is 1. The predicted molar refractivity (Wildman–Crippen MR) is 67.8 cm³/mol. The van der Waals surface area contributed by atoms with Gasteiger partial charge in [-0.1, -0.05) is 17.8 Å². The van der Waals surface area contributed by atoms with Crippen molar-refractivity contribution in [3.05, 3.63) is 41.0 Å². The van der Waals surface area contributed by atoms with E-state index in [0.29, 0.717) is 4.90 Å². The van der Waals surface area contributed by atoms with Gasteiger partial charge in [-0.15, -0.1) is 11.3 Å². The van der Waals surface area contributed by atoms with E-state index in [9.17, 15) is 9.18 Å². The first kappa shape index (κ1) is 11.9. The van der Waals surface area contributed by atoms with Crippen molar-refractivity contribution in [2.45, 2.75) is 9.10 Å². The molecule has 4 N–H and O–H groups in total. The van der Waals surface area contributed by atoms with Crippen molar-refractivity contribution in [3.8, 4) is 0 Å². The van der Waals surface area contributed by atoms with Gasteiger partial charge in [0.15, 0.2) is 0 Å². The van der Waals surface area contributed by atoms with Crippen LogP contribution in [0, 0.1) is 5.82 Å². The largest absolute Gasteiger partial charge is 0.398 e. The molecule has 1 aromatic heterocycles. The van der Waals surface area contributed by atoms with Crippen LogP contribution < -0.4 is 11.5 Å². The SMILES string of the molecule is NC(=O)c1cc(Sc2cccs2)c(F)cc1N. The van der Waals surface area contributed by atoms with Crippen molar-refractivity contribution in [1.29, 1.82) is 0 Å². The van der Waals surface area contributed by atoms with Crippen molar-refractivity contribution < 1.29 is 9.18 Å². The molecular formula is C11H9FN2OS2. The lowest BCUT2D eigenvalue weighted by molar-refractivity contribution is 0.100. The highest BCUT2D eigenvalue weighted by molar-refractivity contribution is 8.01. The summed E-state index contributed by atoms with van der Waals surface area (Å²) in [6.45, 7) is 0. The topological polar surface area (TPSA) is 69.1 Å². The minimum atomic E-state index is -0.657. The predicted octanol–water partition coefficient (Wildman–Crippen LogP) is 2.72. The summed E-state index contributed by atoms with van der Waals surface area (Å²) in [6, 6.07) is 6.25. The number of nitrogen functional groups attached to an aromatic ring is 1. The summed E-state index contributed by atoms with van der Waals surface area (Å²) in [5, 5.41) is 1.90. The molecule has 0 aliphatic heterocycles. The zero-order chi connectivity index (χ0) is 12.4. The maximum absolute atomic E-state index is 13.6. The quantitative estimate of drug-likeness (QED) is 0.841. The maximum atomic E-state index is 13.6. The zero-order valence-electron chi connectivity index (χ0n) is 8.64. The van der Waals surface area contributed by atoms with Crippen LogP contribution in [-0.4, -0.2) is 5.91 Å². The molecule has 0 aliphatic rings. The molecule has 6 heteroatoms. The average Bonchev–Trinajstić information content (AvgIpc) is 2.74. The van der Waals surface area contributed by atoms with E-state index >= 15 is 0 Å². The Kier molecular flexibility index (Phi) is 3.35. The van der Waals surface area contributed by atoms with Gasteiger partial charge < -0.3 is 11.5 Å². The van der Waals surface area contributed by atoms with Gasteiger partial charge in [-0.3, -0.25) is 4.79 Å². The molecule has 1 heterocycles. The summed E-state index contributed by atoms with van der Waals surface area (Å²) in [5.41, 5.74) is 10.9. The summed E-state index contributed by atoms with van der Waals surface area (Å²) in [4.78, 5) is 11.4. The van der Waals surface area contributed by atoms with E-state index in [1.165, 1.54) is 29.2 Å². The van der Waals surface area contributed by atoms with E-state index in [4.69, 9.17) is 11.5 Å². The Labute approximate surface area is 106 Å². The molecule has 0 spiro atoms. The molecule has 0 bridgehead atoms. The fourth-order valence-corrected chi connectivity index (χ4v) is 3.06. The second-order valence-electron chi connectivity index (χ2n) is 3.27. The van der Waals surface area contributed by atoms with Crippen molar-refractivity contribution in [1.82, 2.24) is 0 Å². The van der Waals surface area contributed by atoms with Crippen LogP contribution in [0.4, 0.5) is 10.1 Å². The van der Waals surface area contributed by atoms with Crippen LogP contribution in [0.2, 0.25) is 0 Å². The van der Waals surface area contributed by atoms with E-state index in [-0.39, 0.29) is 11.3 Å². The molecule has 0 saturated heterocycles. The van der Waals surface area contributed by atoms with Crippen LogP contribution in [0.1, 0.15) is 10.4 Å². The third-order valence-corrected chi connectivity index (χ3v) is 4.15. The van der Waals surface area contributed by atoms with Crippen LogP contribution in [-0.2, 0) is 0 Å². The summed E-state index contributed by atoms with van der Waals surface area (Å²) >= 11 is 2.74. The van der Waals surface area contributed by atoms with Crippen LogP contribution in [0.15, 0.2) is 38.8 Å². The Hall–Kier alpha value is -1.53. The van der Waals surface area contributed by atoms with Crippen molar-refractivity contribution in [2.24, 2.45) is 5.73 Å². The maximum Gasteiger partial charge on any atom is 0.250 e. The number of hydrogen-bond acceptors (Lipinski definition) is 4. The zero-order valence-corrected chi connectivity index (χ0v) is 10.3. The first-order chi connectivity index (χ1) is 8.08. The Morgan fingerprint density at radius 1 is 1.41 bits per heavy atom. The normalized spacial score (nSPS) is 10.4. The van der Waals surface area contributed by atoms with Crippen LogP contribution >= 0.6 is 23.1 Å². The lowest BCUT2D eigenvalue weighted by Gasteiger charge is -2.06. The number of hydrogen-bond donors (Lipinski definition) is 2. The molecule has 17 heavy (non-hydrogen) atoms. The molecule has 0 aliphatic carbocycles. The first-order valence-corrected chi connectivity index (χ1v) is 6.37. The molecule has 0 radical (unpaired) electrons. The summed E-state index contributed by atoms with van der Waals surface area (Å²) in [7, 11) is 0. The molecule has 1 aromatic carbocycles. The molecular weight excluding hydrogens is 259 g/mol. The Balaban J connectivity index is 2.40. The standard InChI is InChI=1S/C11H9FN2OS2/c12-7-5-8(13)6(11(14)15)4-9(7)17-10-2-1-3-16-10/h1-5H,13H2,(H2,14,15). The molecule has 3 nitrogen and oxygen atoms in total. The van der Waals surface area contributed by atoms with E-state index in [0.717, 1.165) is 10.3 Å². The minimum Gasteiger partial charge on any atom is -0.398 e. The van der Waals surface area contributed by atoms with Gasteiger partial charge in [0.25, 0.3) is 5.91 Å². The third-order valence-electron chi connectivity index (χ3n) is 2.08. The van der Waals surface area contributed by atoms with Gasteiger partial charge in [0.1, 0.15) is 5.82 Å². The second kappa shape index (κ2) is 4.77. The van der Waals surface area contributed by atoms with Crippen molar-refractivity contribution >= 4 is 34.7 Å². The van der Waals surface area contributed by atoms with E-state index in [1.807, 2.05) is 17.5 Å². The van der Waals surface area contributed by atoms with Gasteiger partial charge in [0.05, 0.1) is 9.77 Å². The van der Waals surface area contributed by atoms with Gasteiger partial charge in [-0.25, -0.2) is 4.39 Å². The number of carbonyl (C=O) groups excluding carboxylic acids is 1. The first-order valence-electron chi connectivity index (χ1n) is 4.68. The molecule has 1 amide bonds. The van der Waals surface area contributed by atoms with E-state index in [1.54, 1.807) is 0 Å². The second-order valence-corrected chi connectivity index (χ2v) is 5.56. The number of carbonyl (C=O) groups is 1. The highest BCUT2D eigenvalue weighted by atomic mass is 32.2. The van der Waals surface area contributed by atoms with Gasteiger partial charge in [-0.2, -0.15) is 0 Å². The van der Waals surface area contributed by atoms with Crippen LogP contribution in [0.5, 0.6) is 0 Å². The molecule has 88 valence electrons. The van der Waals surface area contributed by atoms with E-state index < -0.39 is 11.7 Å². The van der Waals surface area contributed by atoms with Gasteiger partial charge in [0, 0.05) is 10.6 Å². The number of rotatable bonds is 3. The minimum absolute atomic E-state index is 0.0607. The average molecular weight is 268 g/mol. The number of anilines is 1. The smallest absolute Gasteiger partial charge is 0.250 e. The Bertz CT molecular complexity index is 555. The number of thiophene rings is 1. The Morgan fingerprint density at radius 3 is 2.76 bits per heavy atom. The lowest BCUT2D eigenvalue weighted by atomic mass is 10.1. The summed E-state index contributed by atoms with van der Waals surface area (Å²) in [6.07, 6.45) is 0. The van der Waals surface area contributed by atoms with Crippen molar-refractivity contribution in [3.63, 3.8) is 0 Å². The monoisotopic (exact) mass is 268 g/mol. The molecule has 0 fully saturated rings. The number of halogens is 1. The molecule has 0 unspecified atom stereocenters. The van der Waals surface area contributed by atoms with Crippen LogP contribution in [0.3, 0.4) is 0 Å². The molecule has 2 aromatic rings. The van der Waals surface area contributed by atoms with Crippen molar-refractivity contribution in [2.75, 3.05) is 5.73 Å². The number of benzene rings is 1. The third kappa shape index (κ3) is 2.59. The fourth-order valence-electron chi connectivity index (χ4n) is 1.29. The highest BCUT2D eigenvalue weighted by Crippen LogP contribution is 2.34. The lowest BCUT2D eigenvalue weighted by Crippen LogP contribution is -2.14. The molecule has 0 saturated carbocycles. The van der Waals surface area contributed by atoms with Gasteiger partial charge in [-0.05, 0) is 23.6 Å². The van der Waals surface area contributed by atoms with Gasteiger partial charge in [0.2, 0.25) is 0 Å². The molecule has 2 rings (SSSR count). The fraction of sp³-hybridized carbons (Fsp3) is 0. The molecule has 0 atom stereocenters. The summed E-state index contributed by atoms with van der Waals surface area (Å²) in [5.74, 6) is -1.11. The van der Waals surface area contributed by atoms with Crippen LogP contribution in [0.25, 0.3) is 0 Å². The number of amides is 1. The number of nitrogens with two attached hydrogens (primary N) is 2. The highest BCUT2D eigenvalue weighted by Gasteiger charge is 2.13.